The highest BCUT2D eigenvalue weighted by Crippen LogP contribution is 2.41. The molecule has 1 amide bonds. The number of rotatable bonds is 4. The van der Waals surface area contributed by atoms with Crippen LogP contribution in [0.3, 0.4) is 0 Å². The lowest BCUT2D eigenvalue weighted by molar-refractivity contribution is -0.274. The van der Waals surface area contributed by atoms with Crippen LogP contribution in [0.4, 0.5) is 18.9 Å². The van der Waals surface area contributed by atoms with Gasteiger partial charge < -0.3 is 9.64 Å². The Hall–Kier alpha value is -2.53. The summed E-state index contributed by atoms with van der Waals surface area (Å²) < 4.78 is 65.5. The van der Waals surface area contributed by atoms with Crippen LogP contribution in [0.5, 0.6) is 5.75 Å². The third-order valence-corrected chi connectivity index (χ3v) is 8.32. The van der Waals surface area contributed by atoms with Gasteiger partial charge in [-0.1, -0.05) is 41.6 Å². The van der Waals surface area contributed by atoms with Crippen molar-refractivity contribution in [3.63, 3.8) is 0 Å². The zero-order valence-electron chi connectivity index (χ0n) is 16.9. The van der Waals surface area contributed by atoms with E-state index in [9.17, 15) is 26.4 Å². The molecule has 2 saturated heterocycles. The largest absolute Gasteiger partial charge is 0.573 e. The molecule has 2 atom stereocenters. The van der Waals surface area contributed by atoms with Crippen molar-refractivity contribution < 1.29 is 31.1 Å². The van der Waals surface area contributed by atoms with Gasteiger partial charge in [0.15, 0.2) is 15.0 Å². The summed E-state index contributed by atoms with van der Waals surface area (Å²) in [4.78, 5) is 18.5. The Morgan fingerprint density at radius 3 is 2.41 bits per heavy atom. The second-order valence-electron chi connectivity index (χ2n) is 7.66. The van der Waals surface area contributed by atoms with E-state index >= 15 is 0 Å². The van der Waals surface area contributed by atoms with Crippen molar-refractivity contribution in [1.82, 2.24) is 0 Å². The smallest absolute Gasteiger partial charge is 0.406 e. The molecule has 0 spiro atoms. The lowest BCUT2D eigenvalue weighted by Crippen LogP contribution is -2.37. The molecule has 0 aliphatic carbocycles. The van der Waals surface area contributed by atoms with Crippen molar-refractivity contribution in [3.05, 3.63) is 59.7 Å². The van der Waals surface area contributed by atoms with Crippen molar-refractivity contribution >= 4 is 38.4 Å². The third-order valence-electron chi connectivity index (χ3n) is 5.11. The topological polar surface area (TPSA) is 76.0 Å². The highest BCUT2D eigenvalue weighted by Gasteiger charge is 2.49. The minimum atomic E-state index is -4.81. The average molecular weight is 485 g/mol. The van der Waals surface area contributed by atoms with E-state index in [1.54, 1.807) is 4.90 Å². The van der Waals surface area contributed by atoms with E-state index < -0.39 is 28.0 Å². The molecule has 0 saturated carbocycles. The first-order valence-electron chi connectivity index (χ1n) is 9.68. The fraction of sp³-hybridized carbons (Fsp3) is 0.333. The summed E-state index contributed by atoms with van der Waals surface area (Å²) in [7, 11) is -3.26. The Morgan fingerprint density at radius 2 is 1.78 bits per heavy atom. The normalized spacial score (nSPS) is 23.4. The van der Waals surface area contributed by atoms with Gasteiger partial charge in [-0.2, -0.15) is 4.99 Å². The van der Waals surface area contributed by atoms with Gasteiger partial charge in [0.25, 0.3) is 5.91 Å². The van der Waals surface area contributed by atoms with E-state index in [0.717, 1.165) is 23.3 Å². The van der Waals surface area contributed by atoms with Crippen LogP contribution in [0.15, 0.2) is 53.5 Å². The maximum absolute atomic E-state index is 12.6. The number of nitrogens with zero attached hydrogens (tertiary/aromatic N) is 2. The number of aliphatic imine (C=N–C) groups is 1. The minimum absolute atomic E-state index is 0.0424. The van der Waals surface area contributed by atoms with Crippen molar-refractivity contribution in [2.24, 2.45) is 4.99 Å². The molecule has 2 aromatic rings. The van der Waals surface area contributed by atoms with Crippen molar-refractivity contribution in [3.8, 4) is 5.75 Å². The molecule has 2 unspecified atom stereocenters. The zero-order chi connectivity index (χ0) is 23.1. The van der Waals surface area contributed by atoms with Gasteiger partial charge >= 0.3 is 6.36 Å². The molecule has 2 aromatic carbocycles. The van der Waals surface area contributed by atoms with Crippen molar-refractivity contribution in [2.45, 2.75) is 31.0 Å². The van der Waals surface area contributed by atoms with Crippen LogP contribution in [0, 0.1) is 6.92 Å². The van der Waals surface area contributed by atoms with Crippen molar-refractivity contribution in [1.29, 1.82) is 0 Å². The second-order valence-corrected chi connectivity index (χ2v) is 11.0. The summed E-state index contributed by atoms with van der Waals surface area (Å²) in [5, 5.41) is 0.0357. The summed E-state index contributed by atoms with van der Waals surface area (Å²) in [6.45, 7) is 1.94. The summed E-state index contributed by atoms with van der Waals surface area (Å²) >= 11 is 1.21. The van der Waals surface area contributed by atoms with Gasteiger partial charge in [0.2, 0.25) is 0 Å². The third kappa shape index (κ3) is 5.26. The molecule has 2 aliphatic rings. The molecular formula is C21H19F3N2O4S2. The molecule has 4 rings (SSSR count). The van der Waals surface area contributed by atoms with Gasteiger partial charge in [-0.3, -0.25) is 4.79 Å². The van der Waals surface area contributed by atoms with Crippen LogP contribution in [0.25, 0.3) is 0 Å². The second kappa shape index (κ2) is 8.43. The van der Waals surface area contributed by atoms with E-state index in [-0.39, 0.29) is 29.1 Å². The Labute approximate surface area is 187 Å². The molecule has 2 heterocycles. The predicted octanol–water partition coefficient (Wildman–Crippen LogP) is 3.74. The maximum atomic E-state index is 12.6. The molecular weight excluding hydrogens is 465 g/mol. The van der Waals surface area contributed by atoms with Crippen molar-refractivity contribution in [2.75, 3.05) is 16.4 Å². The fourth-order valence-electron chi connectivity index (χ4n) is 3.70. The molecule has 11 heteroatoms. The van der Waals surface area contributed by atoms with Crippen LogP contribution >= 0.6 is 11.8 Å². The predicted molar refractivity (Wildman–Crippen MR) is 117 cm³/mol. The number of sulfone groups is 1. The molecule has 0 N–H and O–H groups in total. The standard InChI is InChI=1S/C21H19F3N2O4S2/c1-13-2-4-14(5-3-13)10-19(27)25-20-26(17-11-32(28,29)12-18(17)31-20)15-6-8-16(9-7-15)30-21(22,23)24/h2-9,17-18H,10-12H2,1H3. The summed E-state index contributed by atoms with van der Waals surface area (Å²) in [6, 6.07) is 12.1. The van der Waals surface area contributed by atoms with Crippen LogP contribution in [0.1, 0.15) is 11.1 Å². The molecule has 0 bridgehead atoms. The molecule has 2 fully saturated rings. The average Bonchev–Trinajstić information content (AvgIpc) is 3.14. The number of aryl methyl sites for hydroxylation is 1. The number of hydrogen-bond donors (Lipinski definition) is 0. The van der Waals surface area contributed by atoms with Crippen LogP contribution in [0.2, 0.25) is 0 Å². The van der Waals surface area contributed by atoms with E-state index in [2.05, 4.69) is 9.73 Å². The molecule has 170 valence electrons. The van der Waals surface area contributed by atoms with Crippen LogP contribution in [-0.4, -0.2) is 48.7 Å². The molecule has 6 nitrogen and oxygen atoms in total. The Morgan fingerprint density at radius 1 is 1.12 bits per heavy atom. The number of ether oxygens (including phenoxy) is 1. The first kappa shape index (κ1) is 22.7. The first-order chi connectivity index (χ1) is 15.0. The number of halogens is 3. The molecule has 0 aromatic heterocycles. The van der Waals surface area contributed by atoms with Crippen LogP contribution < -0.4 is 9.64 Å². The first-order valence-corrected chi connectivity index (χ1v) is 12.4. The Kier molecular flexibility index (Phi) is 5.97. The lowest BCUT2D eigenvalue weighted by Gasteiger charge is -2.24. The number of amides is 1. The van der Waals surface area contributed by atoms with Gasteiger partial charge in [0, 0.05) is 10.9 Å². The number of amidine groups is 1. The fourth-order valence-corrected chi connectivity index (χ4v) is 7.63. The van der Waals surface area contributed by atoms with Gasteiger partial charge in [-0.25, -0.2) is 8.42 Å². The lowest BCUT2D eigenvalue weighted by atomic mass is 10.1. The van der Waals surface area contributed by atoms with E-state index in [1.807, 2.05) is 31.2 Å². The molecule has 2 aliphatic heterocycles. The number of carbonyl (C=O) groups is 1. The summed E-state index contributed by atoms with van der Waals surface area (Å²) in [6.07, 6.45) is -4.73. The number of fused-ring (bicyclic) bond motifs is 1. The highest BCUT2D eigenvalue weighted by atomic mass is 32.2. The van der Waals surface area contributed by atoms with E-state index in [1.165, 1.54) is 23.9 Å². The van der Waals surface area contributed by atoms with E-state index in [0.29, 0.717) is 10.9 Å². The molecule has 0 radical (unpaired) electrons. The Balaban J connectivity index is 1.60. The van der Waals surface area contributed by atoms with Gasteiger partial charge in [-0.15, -0.1) is 13.2 Å². The number of benzene rings is 2. The molecule has 32 heavy (non-hydrogen) atoms. The van der Waals surface area contributed by atoms with Gasteiger partial charge in [-0.05, 0) is 36.8 Å². The number of carbonyl (C=O) groups excluding carboxylic acids is 1. The zero-order valence-corrected chi connectivity index (χ0v) is 18.5. The van der Waals surface area contributed by atoms with Gasteiger partial charge in [0.1, 0.15) is 5.75 Å². The number of alkyl halides is 3. The van der Waals surface area contributed by atoms with Gasteiger partial charge in [0.05, 0.1) is 24.0 Å². The monoisotopic (exact) mass is 484 g/mol. The van der Waals surface area contributed by atoms with Crippen LogP contribution in [-0.2, 0) is 21.1 Å². The summed E-state index contributed by atoms with van der Waals surface area (Å²) in [5.41, 5.74) is 2.31. The number of hydrogen-bond acceptors (Lipinski definition) is 5. The minimum Gasteiger partial charge on any atom is -0.406 e. The number of anilines is 1. The van der Waals surface area contributed by atoms with E-state index in [4.69, 9.17) is 0 Å². The quantitative estimate of drug-likeness (QED) is 0.658. The summed E-state index contributed by atoms with van der Waals surface area (Å²) in [5.74, 6) is -0.936. The SMILES string of the molecule is Cc1ccc(CC(=O)N=C2SC3CS(=O)(=O)CC3N2c2ccc(OC(F)(F)F)cc2)cc1. The maximum Gasteiger partial charge on any atom is 0.573 e. The highest BCUT2D eigenvalue weighted by molar-refractivity contribution is 8.16. The Bertz CT molecular complexity index is 1150. The number of thioether (sulfide) groups is 1.